The van der Waals surface area contributed by atoms with Crippen molar-refractivity contribution in [3.8, 4) is 5.75 Å². The lowest BCUT2D eigenvalue weighted by Crippen LogP contribution is -2.40. The van der Waals surface area contributed by atoms with E-state index in [0.29, 0.717) is 18.6 Å². The molecule has 28 heavy (non-hydrogen) atoms. The van der Waals surface area contributed by atoms with E-state index in [4.69, 9.17) is 4.74 Å². The molecule has 0 radical (unpaired) electrons. The van der Waals surface area contributed by atoms with Crippen molar-refractivity contribution in [2.24, 2.45) is 0 Å². The predicted molar refractivity (Wildman–Crippen MR) is 109 cm³/mol. The molecule has 6 heteroatoms. The highest BCUT2D eigenvalue weighted by molar-refractivity contribution is 7.92. The Morgan fingerprint density at radius 1 is 1.04 bits per heavy atom. The largest absolute Gasteiger partial charge is 0.497 e. The van der Waals surface area contributed by atoms with Crippen LogP contribution in [0.15, 0.2) is 59.5 Å². The van der Waals surface area contributed by atoms with E-state index in [0.717, 1.165) is 12.8 Å². The van der Waals surface area contributed by atoms with Crippen molar-refractivity contribution in [3.63, 3.8) is 0 Å². The van der Waals surface area contributed by atoms with Gasteiger partial charge in [0.15, 0.2) is 9.84 Å². The molecule has 1 atom stereocenters. The van der Waals surface area contributed by atoms with Crippen LogP contribution in [0.2, 0.25) is 0 Å². The predicted octanol–water partition coefficient (Wildman–Crippen LogP) is 4.51. The molecule has 1 unspecified atom stereocenters. The Morgan fingerprint density at radius 2 is 1.68 bits per heavy atom. The van der Waals surface area contributed by atoms with Gasteiger partial charge in [-0.25, -0.2) is 8.42 Å². The molecule has 0 aliphatic heterocycles. The Bertz CT molecular complexity index is 860. The van der Waals surface area contributed by atoms with Crippen molar-refractivity contribution < 1.29 is 23.1 Å². The Labute approximate surface area is 167 Å². The number of rotatable bonds is 11. The van der Waals surface area contributed by atoms with E-state index in [-0.39, 0.29) is 11.3 Å². The SMILES string of the molecule is CCC(CCCCc1ccccc1)(CC(=O)O)S(=O)(=O)c1ccc(OC)cc1. The first-order valence-electron chi connectivity index (χ1n) is 9.49. The van der Waals surface area contributed by atoms with Gasteiger partial charge < -0.3 is 9.84 Å². The van der Waals surface area contributed by atoms with Crippen LogP contribution < -0.4 is 4.74 Å². The van der Waals surface area contributed by atoms with Crippen LogP contribution in [-0.4, -0.2) is 31.4 Å². The number of aryl methyl sites for hydroxylation is 1. The number of hydrogen-bond acceptors (Lipinski definition) is 4. The first-order chi connectivity index (χ1) is 13.3. The lowest BCUT2D eigenvalue weighted by Gasteiger charge is -2.31. The Morgan fingerprint density at radius 3 is 2.21 bits per heavy atom. The molecule has 0 bridgehead atoms. The standard InChI is InChI=1S/C22H28O5S/c1-3-22(17-21(23)24,16-8-7-11-18-9-5-4-6-10-18)28(25,26)20-14-12-19(27-2)13-15-20/h4-6,9-10,12-15H,3,7-8,11,16-17H2,1-2H3,(H,23,24). The van der Waals surface area contributed by atoms with Crippen LogP contribution in [0.4, 0.5) is 0 Å². The summed E-state index contributed by atoms with van der Waals surface area (Å²) >= 11 is 0. The van der Waals surface area contributed by atoms with Gasteiger partial charge in [0.05, 0.1) is 23.2 Å². The second-order valence-electron chi connectivity index (χ2n) is 6.98. The second-order valence-corrected chi connectivity index (χ2v) is 9.32. The molecule has 0 aliphatic rings. The van der Waals surface area contributed by atoms with Crippen LogP contribution >= 0.6 is 0 Å². The summed E-state index contributed by atoms with van der Waals surface area (Å²) in [6, 6.07) is 16.1. The van der Waals surface area contributed by atoms with E-state index in [9.17, 15) is 18.3 Å². The number of carbonyl (C=O) groups is 1. The first kappa shape index (κ1) is 22.0. The summed E-state index contributed by atoms with van der Waals surface area (Å²) in [6.45, 7) is 1.75. The molecule has 0 aliphatic carbocycles. The monoisotopic (exact) mass is 404 g/mol. The van der Waals surface area contributed by atoms with Crippen molar-refractivity contribution in [3.05, 3.63) is 60.2 Å². The summed E-state index contributed by atoms with van der Waals surface area (Å²) in [7, 11) is -2.30. The van der Waals surface area contributed by atoms with Crippen LogP contribution in [0.5, 0.6) is 5.75 Å². The second kappa shape index (κ2) is 9.73. The van der Waals surface area contributed by atoms with Gasteiger partial charge in [-0.1, -0.05) is 43.7 Å². The van der Waals surface area contributed by atoms with Crippen LogP contribution in [0.3, 0.4) is 0 Å². The molecule has 0 amide bonds. The zero-order valence-corrected chi connectivity index (χ0v) is 17.2. The number of aliphatic carboxylic acids is 1. The van der Waals surface area contributed by atoms with E-state index in [1.54, 1.807) is 19.1 Å². The van der Waals surface area contributed by atoms with Gasteiger partial charge in [0.1, 0.15) is 5.75 Å². The molecule has 0 saturated carbocycles. The van der Waals surface area contributed by atoms with Crippen molar-refractivity contribution in [2.75, 3.05) is 7.11 Å². The van der Waals surface area contributed by atoms with Gasteiger partial charge in [-0.3, -0.25) is 4.79 Å². The summed E-state index contributed by atoms with van der Waals surface area (Å²) in [6.07, 6.45) is 2.46. The van der Waals surface area contributed by atoms with Crippen LogP contribution in [0.25, 0.3) is 0 Å². The topological polar surface area (TPSA) is 80.7 Å². The summed E-state index contributed by atoms with van der Waals surface area (Å²) in [5.41, 5.74) is 1.20. The van der Waals surface area contributed by atoms with Crippen LogP contribution in [0.1, 0.15) is 44.6 Å². The summed E-state index contributed by atoms with van der Waals surface area (Å²) in [5.74, 6) is -0.538. The third kappa shape index (κ3) is 5.13. The number of methoxy groups -OCH3 is 1. The Hall–Kier alpha value is -2.34. The third-order valence-electron chi connectivity index (χ3n) is 5.25. The molecule has 0 heterocycles. The van der Waals surface area contributed by atoms with Gasteiger partial charge in [0, 0.05) is 0 Å². The Balaban J connectivity index is 2.21. The molecule has 2 rings (SSSR count). The minimum Gasteiger partial charge on any atom is -0.497 e. The van der Waals surface area contributed by atoms with Crippen molar-refractivity contribution in [1.82, 2.24) is 0 Å². The highest BCUT2D eigenvalue weighted by Crippen LogP contribution is 2.37. The average Bonchev–Trinajstić information content (AvgIpc) is 2.70. The van der Waals surface area contributed by atoms with E-state index < -0.39 is 27.0 Å². The maximum atomic E-state index is 13.4. The van der Waals surface area contributed by atoms with E-state index in [2.05, 4.69) is 0 Å². The van der Waals surface area contributed by atoms with Crippen molar-refractivity contribution in [1.29, 1.82) is 0 Å². The van der Waals surface area contributed by atoms with Crippen LogP contribution in [-0.2, 0) is 21.1 Å². The number of carboxylic acid groups (broad SMARTS) is 1. The molecule has 2 aromatic carbocycles. The average molecular weight is 405 g/mol. The van der Waals surface area contributed by atoms with E-state index in [1.807, 2.05) is 30.3 Å². The number of benzene rings is 2. The highest BCUT2D eigenvalue weighted by atomic mass is 32.2. The van der Waals surface area contributed by atoms with E-state index in [1.165, 1.54) is 24.8 Å². The first-order valence-corrected chi connectivity index (χ1v) is 11.0. The molecule has 2 aromatic rings. The summed E-state index contributed by atoms with van der Waals surface area (Å²) in [5, 5.41) is 9.42. The fraction of sp³-hybridized carbons (Fsp3) is 0.409. The minimum absolute atomic E-state index is 0.138. The molecule has 0 spiro atoms. The molecule has 0 aromatic heterocycles. The highest BCUT2D eigenvalue weighted by Gasteiger charge is 2.44. The maximum Gasteiger partial charge on any atom is 0.304 e. The van der Waals surface area contributed by atoms with Gasteiger partial charge in [0.2, 0.25) is 0 Å². The molecular formula is C22H28O5S. The lowest BCUT2D eigenvalue weighted by atomic mass is 9.93. The lowest BCUT2D eigenvalue weighted by molar-refractivity contribution is -0.137. The van der Waals surface area contributed by atoms with Gasteiger partial charge in [-0.05, 0) is 55.5 Å². The number of hydrogen-bond donors (Lipinski definition) is 1. The fourth-order valence-corrected chi connectivity index (χ4v) is 5.61. The summed E-state index contributed by atoms with van der Waals surface area (Å²) in [4.78, 5) is 11.7. The number of ether oxygens (including phenoxy) is 1. The normalized spacial score (nSPS) is 13.6. The van der Waals surface area contributed by atoms with Gasteiger partial charge >= 0.3 is 5.97 Å². The molecule has 0 saturated heterocycles. The smallest absolute Gasteiger partial charge is 0.304 e. The zero-order chi connectivity index (χ0) is 20.6. The molecule has 152 valence electrons. The van der Waals surface area contributed by atoms with Gasteiger partial charge in [0.25, 0.3) is 0 Å². The van der Waals surface area contributed by atoms with Crippen molar-refractivity contribution in [2.45, 2.75) is 55.1 Å². The summed E-state index contributed by atoms with van der Waals surface area (Å²) < 4.78 is 30.5. The third-order valence-corrected chi connectivity index (χ3v) is 7.92. The molecular weight excluding hydrogens is 376 g/mol. The molecule has 0 fully saturated rings. The maximum absolute atomic E-state index is 13.4. The number of unbranched alkanes of at least 4 members (excludes halogenated alkanes) is 1. The zero-order valence-electron chi connectivity index (χ0n) is 16.4. The van der Waals surface area contributed by atoms with Gasteiger partial charge in [-0.15, -0.1) is 0 Å². The Kier molecular flexibility index (Phi) is 7.63. The van der Waals surface area contributed by atoms with E-state index >= 15 is 0 Å². The molecule has 1 N–H and O–H groups in total. The minimum atomic E-state index is -3.81. The quantitative estimate of drug-likeness (QED) is 0.558. The number of carboxylic acids is 1. The number of sulfone groups is 1. The van der Waals surface area contributed by atoms with Crippen molar-refractivity contribution >= 4 is 15.8 Å². The van der Waals surface area contributed by atoms with Crippen LogP contribution in [0, 0.1) is 0 Å². The van der Waals surface area contributed by atoms with Gasteiger partial charge in [-0.2, -0.15) is 0 Å². The fourth-order valence-electron chi connectivity index (χ4n) is 3.51. The molecule has 5 nitrogen and oxygen atoms in total.